The molecule has 0 spiro atoms. The zero-order valence-electron chi connectivity index (χ0n) is 7.54. The van der Waals surface area contributed by atoms with E-state index in [2.05, 4.69) is 15.2 Å². The topological polar surface area (TPSA) is 58.6 Å². The minimum absolute atomic E-state index is 0.235. The van der Waals surface area contributed by atoms with Gasteiger partial charge in [-0.25, -0.2) is 10.1 Å². The summed E-state index contributed by atoms with van der Waals surface area (Å²) in [7, 11) is 0. The van der Waals surface area contributed by atoms with Gasteiger partial charge in [0.05, 0.1) is 17.1 Å². The SMILES string of the molecule is CCc1cc2c(=O)[nH]ncc2nc1Cl. The summed E-state index contributed by atoms with van der Waals surface area (Å²) in [6, 6.07) is 1.76. The zero-order valence-corrected chi connectivity index (χ0v) is 8.30. The molecule has 1 N–H and O–H groups in total. The van der Waals surface area contributed by atoms with Crippen molar-refractivity contribution in [3.05, 3.63) is 33.3 Å². The molecule has 0 fully saturated rings. The van der Waals surface area contributed by atoms with Crippen molar-refractivity contribution in [1.82, 2.24) is 15.2 Å². The predicted molar refractivity (Wildman–Crippen MR) is 54.5 cm³/mol. The lowest BCUT2D eigenvalue weighted by molar-refractivity contribution is 1.00. The molecule has 0 atom stereocenters. The molecule has 0 aliphatic carbocycles. The van der Waals surface area contributed by atoms with Crippen molar-refractivity contribution in [2.45, 2.75) is 13.3 Å². The summed E-state index contributed by atoms with van der Waals surface area (Å²) in [5.41, 5.74) is 1.16. The van der Waals surface area contributed by atoms with Gasteiger partial charge in [0.25, 0.3) is 5.56 Å². The fraction of sp³-hybridized carbons (Fsp3) is 0.222. The number of fused-ring (bicyclic) bond motifs is 1. The lowest BCUT2D eigenvalue weighted by Gasteiger charge is -2.01. The molecule has 2 aromatic heterocycles. The van der Waals surface area contributed by atoms with E-state index < -0.39 is 0 Å². The Labute approximate surface area is 84.9 Å². The summed E-state index contributed by atoms with van der Waals surface area (Å²) in [4.78, 5) is 15.4. The van der Waals surface area contributed by atoms with Crippen molar-refractivity contribution >= 4 is 22.5 Å². The highest BCUT2D eigenvalue weighted by atomic mass is 35.5. The molecular weight excluding hydrogens is 202 g/mol. The van der Waals surface area contributed by atoms with E-state index in [1.807, 2.05) is 6.92 Å². The van der Waals surface area contributed by atoms with E-state index >= 15 is 0 Å². The first-order valence-corrected chi connectivity index (χ1v) is 4.63. The van der Waals surface area contributed by atoms with Crippen LogP contribution in [0.2, 0.25) is 5.15 Å². The number of hydrogen-bond acceptors (Lipinski definition) is 3. The normalized spacial score (nSPS) is 10.7. The van der Waals surface area contributed by atoms with E-state index in [1.54, 1.807) is 6.07 Å². The number of aromatic amines is 1. The molecule has 5 heteroatoms. The van der Waals surface area contributed by atoms with Crippen LogP contribution < -0.4 is 5.56 Å². The van der Waals surface area contributed by atoms with Crippen LogP contribution in [0.3, 0.4) is 0 Å². The van der Waals surface area contributed by atoms with Crippen molar-refractivity contribution in [1.29, 1.82) is 0 Å². The first kappa shape index (κ1) is 9.15. The van der Waals surface area contributed by atoms with Crippen molar-refractivity contribution in [2.24, 2.45) is 0 Å². The summed E-state index contributed by atoms with van der Waals surface area (Å²) in [5, 5.41) is 6.97. The van der Waals surface area contributed by atoms with Crippen LogP contribution in [0.25, 0.3) is 10.9 Å². The highest BCUT2D eigenvalue weighted by Gasteiger charge is 2.05. The average molecular weight is 210 g/mol. The maximum Gasteiger partial charge on any atom is 0.273 e. The van der Waals surface area contributed by atoms with Gasteiger partial charge in [0, 0.05) is 0 Å². The highest BCUT2D eigenvalue weighted by Crippen LogP contribution is 2.17. The van der Waals surface area contributed by atoms with Crippen LogP contribution in [0, 0.1) is 0 Å². The molecule has 0 saturated carbocycles. The zero-order chi connectivity index (χ0) is 10.1. The molecule has 14 heavy (non-hydrogen) atoms. The van der Waals surface area contributed by atoms with E-state index in [-0.39, 0.29) is 5.56 Å². The Hall–Kier alpha value is -1.42. The predicted octanol–water partition coefficient (Wildman–Crippen LogP) is 1.53. The van der Waals surface area contributed by atoms with E-state index in [9.17, 15) is 4.79 Å². The second-order valence-electron chi connectivity index (χ2n) is 2.92. The Balaban J connectivity index is 2.87. The molecule has 0 saturated heterocycles. The monoisotopic (exact) mass is 209 g/mol. The Morgan fingerprint density at radius 3 is 3.07 bits per heavy atom. The van der Waals surface area contributed by atoms with Gasteiger partial charge in [-0.3, -0.25) is 4.79 Å². The number of H-pyrrole nitrogens is 1. The molecule has 0 radical (unpaired) electrons. The van der Waals surface area contributed by atoms with Gasteiger partial charge in [-0.05, 0) is 18.1 Å². The third-order valence-electron chi connectivity index (χ3n) is 2.06. The fourth-order valence-corrected chi connectivity index (χ4v) is 1.57. The van der Waals surface area contributed by atoms with Gasteiger partial charge in [-0.2, -0.15) is 5.10 Å². The van der Waals surface area contributed by atoms with E-state index in [0.29, 0.717) is 16.1 Å². The lowest BCUT2D eigenvalue weighted by atomic mass is 10.2. The number of nitrogens with zero attached hydrogens (tertiary/aromatic N) is 2. The average Bonchev–Trinajstić information content (AvgIpc) is 2.17. The minimum Gasteiger partial charge on any atom is -0.267 e. The van der Waals surface area contributed by atoms with Crippen LogP contribution >= 0.6 is 11.6 Å². The standard InChI is InChI=1S/C9H8ClN3O/c1-2-5-3-6-7(12-8(5)10)4-11-13-9(6)14/h3-4H,2H2,1H3,(H,13,14). The summed E-state index contributed by atoms with van der Waals surface area (Å²) < 4.78 is 0. The lowest BCUT2D eigenvalue weighted by Crippen LogP contribution is -2.08. The van der Waals surface area contributed by atoms with Gasteiger partial charge in [0.1, 0.15) is 5.15 Å². The van der Waals surface area contributed by atoms with Crippen LogP contribution in [-0.4, -0.2) is 15.2 Å². The van der Waals surface area contributed by atoms with E-state index in [0.717, 1.165) is 12.0 Å². The Morgan fingerprint density at radius 2 is 2.36 bits per heavy atom. The largest absolute Gasteiger partial charge is 0.273 e. The van der Waals surface area contributed by atoms with Crippen LogP contribution in [0.1, 0.15) is 12.5 Å². The molecule has 0 unspecified atom stereocenters. The maximum absolute atomic E-state index is 11.4. The molecule has 4 nitrogen and oxygen atoms in total. The first-order chi connectivity index (χ1) is 6.72. The molecule has 2 heterocycles. The molecule has 0 aromatic carbocycles. The van der Waals surface area contributed by atoms with Crippen LogP contribution in [-0.2, 0) is 6.42 Å². The van der Waals surface area contributed by atoms with E-state index in [4.69, 9.17) is 11.6 Å². The van der Waals surface area contributed by atoms with Crippen LogP contribution in [0.15, 0.2) is 17.1 Å². The summed E-state index contributed by atoms with van der Waals surface area (Å²) in [6.07, 6.45) is 2.24. The van der Waals surface area contributed by atoms with Gasteiger partial charge in [0.2, 0.25) is 0 Å². The molecule has 2 aromatic rings. The molecule has 0 bridgehead atoms. The molecule has 0 aliphatic rings. The van der Waals surface area contributed by atoms with Gasteiger partial charge in [0.15, 0.2) is 0 Å². The quantitative estimate of drug-likeness (QED) is 0.725. The summed E-state index contributed by atoms with van der Waals surface area (Å²) in [5.74, 6) is 0. The number of aryl methyl sites for hydroxylation is 1. The maximum atomic E-state index is 11.4. The number of pyridine rings is 1. The number of halogens is 1. The molecular formula is C9H8ClN3O. The van der Waals surface area contributed by atoms with Crippen LogP contribution in [0.5, 0.6) is 0 Å². The van der Waals surface area contributed by atoms with Gasteiger partial charge in [-0.15, -0.1) is 0 Å². The summed E-state index contributed by atoms with van der Waals surface area (Å²) >= 11 is 5.90. The molecule has 0 amide bonds. The van der Waals surface area contributed by atoms with Gasteiger partial charge in [-0.1, -0.05) is 18.5 Å². The van der Waals surface area contributed by atoms with Crippen molar-refractivity contribution < 1.29 is 0 Å². The Bertz CT molecular complexity index is 535. The van der Waals surface area contributed by atoms with Crippen LogP contribution in [0.4, 0.5) is 0 Å². The molecule has 0 aliphatic heterocycles. The minimum atomic E-state index is -0.235. The Morgan fingerprint density at radius 1 is 1.57 bits per heavy atom. The smallest absolute Gasteiger partial charge is 0.267 e. The van der Waals surface area contributed by atoms with Gasteiger partial charge >= 0.3 is 0 Å². The molecule has 72 valence electrons. The third kappa shape index (κ3) is 1.37. The van der Waals surface area contributed by atoms with Gasteiger partial charge < -0.3 is 0 Å². The van der Waals surface area contributed by atoms with Crippen molar-refractivity contribution in [3.63, 3.8) is 0 Å². The fourth-order valence-electron chi connectivity index (χ4n) is 1.29. The van der Waals surface area contributed by atoms with E-state index in [1.165, 1.54) is 6.20 Å². The number of nitrogens with one attached hydrogen (secondary N) is 1. The second kappa shape index (κ2) is 3.38. The highest BCUT2D eigenvalue weighted by molar-refractivity contribution is 6.30. The number of aromatic nitrogens is 3. The number of hydrogen-bond donors (Lipinski definition) is 1. The second-order valence-corrected chi connectivity index (χ2v) is 3.28. The third-order valence-corrected chi connectivity index (χ3v) is 2.38. The summed E-state index contributed by atoms with van der Waals surface area (Å²) in [6.45, 7) is 1.96. The first-order valence-electron chi connectivity index (χ1n) is 4.25. The molecule has 2 rings (SSSR count). The number of rotatable bonds is 1. The van der Waals surface area contributed by atoms with Crippen molar-refractivity contribution in [2.75, 3.05) is 0 Å². The van der Waals surface area contributed by atoms with Crippen molar-refractivity contribution in [3.8, 4) is 0 Å². The Kier molecular flexibility index (Phi) is 2.21.